The summed E-state index contributed by atoms with van der Waals surface area (Å²) in [7, 11) is 0. The van der Waals surface area contributed by atoms with Crippen molar-refractivity contribution in [3.8, 4) is 0 Å². The number of hydrogen-bond acceptors (Lipinski definition) is 5. The molecule has 1 aliphatic heterocycles. The fraction of sp³-hybridized carbons (Fsp3) is 0.316. The number of oxazole rings is 1. The van der Waals surface area contributed by atoms with Crippen molar-refractivity contribution in [2.45, 2.75) is 25.7 Å². The summed E-state index contributed by atoms with van der Waals surface area (Å²) in [6, 6.07) is 9.77. The number of nitrogens with zero attached hydrogens (tertiary/aromatic N) is 4. The van der Waals surface area contributed by atoms with Gasteiger partial charge in [-0.2, -0.15) is 0 Å². The molecule has 2 aromatic heterocycles. The Morgan fingerprint density at radius 3 is 2.96 bits per heavy atom. The molecule has 1 saturated heterocycles. The molecular weight excluding hydrogens is 336 g/mol. The Hall–Kier alpha value is -2.40. The second-order valence-corrected chi connectivity index (χ2v) is 6.73. The average molecular weight is 355 g/mol. The van der Waals surface area contributed by atoms with E-state index in [-0.39, 0.29) is 5.92 Å². The molecule has 0 radical (unpaired) electrons. The molecule has 3 heterocycles. The van der Waals surface area contributed by atoms with Crippen LogP contribution in [0.25, 0.3) is 0 Å². The number of aryl methyl sites for hydroxylation is 1. The quantitative estimate of drug-likeness (QED) is 0.708. The van der Waals surface area contributed by atoms with E-state index in [1.807, 2.05) is 43.5 Å². The predicted octanol–water partition coefficient (Wildman–Crippen LogP) is 4.01. The van der Waals surface area contributed by atoms with Gasteiger partial charge in [-0.05, 0) is 31.0 Å². The summed E-state index contributed by atoms with van der Waals surface area (Å²) in [6.45, 7) is 3.72. The van der Waals surface area contributed by atoms with E-state index in [0.717, 1.165) is 53.4 Å². The molecule has 25 heavy (non-hydrogen) atoms. The van der Waals surface area contributed by atoms with Crippen molar-refractivity contribution in [1.29, 1.82) is 0 Å². The van der Waals surface area contributed by atoms with E-state index in [0.29, 0.717) is 6.42 Å². The zero-order chi connectivity index (χ0) is 17.2. The molecule has 1 unspecified atom stereocenters. The molecule has 4 rings (SSSR count). The van der Waals surface area contributed by atoms with E-state index in [1.54, 1.807) is 6.20 Å². The normalized spacial score (nSPS) is 17.2. The van der Waals surface area contributed by atoms with Crippen LogP contribution in [-0.2, 0) is 6.42 Å². The fourth-order valence-corrected chi connectivity index (χ4v) is 3.41. The Morgan fingerprint density at radius 2 is 2.12 bits per heavy atom. The third-order valence-electron chi connectivity index (χ3n) is 4.52. The average Bonchev–Trinajstić information content (AvgIpc) is 3.26. The van der Waals surface area contributed by atoms with Crippen molar-refractivity contribution in [2.75, 3.05) is 18.0 Å². The lowest BCUT2D eigenvalue weighted by Gasteiger charge is -2.16. The molecule has 3 aromatic rings. The van der Waals surface area contributed by atoms with Gasteiger partial charge in [0.15, 0.2) is 5.89 Å². The van der Waals surface area contributed by atoms with Crippen LogP contribution in [0, 0.1) is 6.92 Å². The third kappa shape index (κ3) is 3.51. The molecule has 1 atom stereocenters. The Kier molecular flexibility index (Phi) is 4.40. The standard InChI is InChI=1S/C19H19ClN4O/c1-13-21-8-6-18(23-13)24-9-7-15(12-24)19-22-11-16(25-19)10-14-4-2-3-5-17(14)20/h2-6,8,11,15H,7,9-10,12H2,1H3. The number of halogens is 1. The Morgan fingerprint density at radius 1 is 1.24 bits per heavy atom. The van der Waals surface area contributed by atoms with Gasteiger partial charge in [-0.1, -0.05) is 29.8 Å². The van der Waals surface area contributed by atoms with Gasteiger partial charge in [0.1, 0.15) is 17.4 Å². The summed E-state index contributed by atoms with van der Waals surface area (Å²) in [4.78, 5) is 15.4. The molecular formula is C19H19ClN4O. The van der Waals surface area contributed by atoms with Crippen LogP contribution in [0.4, 0.5) is 5.82 Å². The highest BCUT2D eigenvalue weighted by Crippen LogP contribution is 2.30. The van der Waals surface area contributed by atoms with Crippen molar-refractivity contribution in [1.82, 2.24) is 15.0 Å². The van der Waals surface area contributed by atoms with Crippen LogP contribution in [0.5, 0.6) is 0 Å². The van der Waals surface area contributed by atoms with Crippen LogP contribution in [0.3, 0.4) is 0 Å². The van der Waals surface area contributed by atoms with E-state index in [9.17, 15) is 0 Å². The molecule has 0 amide bonds. The van der Waals surface area contributed by atoms with Gasteiger partial charge in [-0.3, -0.25) is 0 Å². The van der Waals surface area contributed by atoms with Gasteiger partial charge in [0.05, 0.1) is 12.1 Å². The summed E-state index contributed by atoms with van der Waals surface area (Å²) in [5, 5.41) is 0.756. The van der Waals surface area contributed by atoms with Gasteiger partial charge >= 0.3 is 0 Å². The molecule has 0 saturated carbocycles. The zero-order valence-electron chi connectivity index (χ0n) is 14.0. The molecule has 0 N–H and O–H groups in total. The van der Waals surface area contributed by atoms with Gasteiger partial charge in [0.25, 0.3) is 0 Å². The second-order valence-electron chi connectivity index (χ2n) is 6.33. The molecule has 0 spiro atoms. The first kappa shape index (κ1) is 16.1. The summed E-state index contributed by atoms with van der Waals surface area (Å²) in [6.07, 6.45) is 5.29. The van der Waals surface area contributed by atoms with Gasteiger partial charge in [-0.15, -0.1) is 0 Å². The topological polar surface area (TPSA) is 55.1 Å². The van der Waals surface area contributed by atoms with Crippen LogP contribution in [0.2, 0.25) is 5.02 Å². The molecule has 0 bridgehead atoms. The van der Waals surface area contributed by atoms with E-state index in [1.165, 1.54) is 0 Å². The largest absolute Gasteiger partial charge is 0.445 e. The zero-order valence-corrected chi connectivity index (χ0v) is 14.8. The summed E-state index contributed by atoms with van der Waals surface area (Å²) < 4.78 is 6.01. The van der Waals surface area contributed by atoms with Crippen molar-refractivity contribution in [2.24, 2.45) is 0 Å². The lowest BCUT2D eigenvalue weighted by molar-refractivity contribution is 0.433. The lowest BCUT2D eigenvalue weighted by atomic mass is 10.1. The van der Waals surface area contributed by atoms with Crippen molar-refractivity contribution < 1.29 is 4.42 Å². The molecule has 1 fully saturated rings. The maximum atomic E-state index is 6.23. The van der Waals surface area contributed by atoms with Crippen molar-refractivity contribution >= 4 is 17.4 Å². The van der Waals surface area contributed by atoms with Gasteiger partial charge in [0.2, 0.25) is 0 Å². The van der Waals surface area contributed by atoms with E-state index in [2.05, 4.69) is 19.9 Å². The molecule has 1 aliphatic rings. The Bertz CT molecular complexity index is 879. The smallest absolute Gasteiger partial charge is 0.199 e. The first-order chi connectivity index (χ1) is 12.2. The number of benzene rings is 1. The minimum absolute atomic E-state index is 0.287. The van der Waals surface area contributed by atoms with E-state index >= 15 is 0 Å². The van der Waals surface area contributed by atoms with Crippen LogP contribution in [-0.4, -0.2) is 28.0 Å². The van der Waals surface area contributed by atoms with E-state index < -0.39 is 0 Å². The van der Waals surface area contributed by atoms with Gasteiger partial charge in [0, 0.05) is 30.7 Å². The Labute approximate surface area is 151 Å². The first-order valence-electron chi connectivity index (χ1n) is 8.41. The minimum atomic E-state index is 0.287. The fourth-order valence-electron chi connectivity index (χ4n) is 3.21. The lowest BCUT2D eigenvalue weighted by Crippen LogP contribution is -2.20. The van der Waals surface area contributed by atoms with E-state index in [4.69, 9.17) is 16.0 Å². The molecule has 5 nitrogen and oxygen atoms in total. The summed E-state index contributed by atoms with van der Waals surface area (Å²) >= 11 is 6.23. The van der Waals surface area contributed by atoms with Gasteiger partial charge < -0.3 is 9.32 Å². The Balaban J connectivity index is 1.45. The SMILES string of the molecule is Cc1nccc(N2CCC(c3ncc(Cc4ccccc4Cl)o3)C2)n1. The van der Waals surface area contributed by atoms with Crippen LogP contribution >= 0.6 is 11.6 Å². The van der Waals surface area contributed by atoms with Crippen LogP contribution in [0.1, 0.15) is 35.4 Å². The van der Waals surface area contributed by atoms with Crippen LogP contribution < -0.4 is 4.90 Å². The van der Waals surface area contributed by atoms with Gasteiger partial charge in [-0.25, -0.2) is 15.0 Å². The highest BCUT2D eigenvalue weighted by atomic mass is 35.5. The monoisotopic (exact) mass is 354 g/mol. The van der Waals surface area contributed by atoms with Crippen molar-refractivity contribution in [3.05, 3.63) is 70.8 Å². The number of hydrogen-bond donors (Lipinski definition) is 0. The highest BCUT2D eigenvalue weighted by molar-refractivity contribution is 6.31. The summed E-state index contributed by atoms with van der Waals surface area (Å²) in [5.41, 5.74) is 1.05. The maximum absolute atomic E-state index is 6.23. The highest BCUT2D eigenvalue weighted by Gasteiger charge is 2.28. The van der Waals surface area contributed by atoms with Crippen LogP contribution in [0.15, 0.2) is 47.1 Å². The third-order valence-corrected chi connectivity index (χ3v) is 4.89. The predicted molar refractivity (Wildman–Crippen MR) is 97.1 cm³/mol. The molecule has 6 heteroatoms. The molecule has 128 valence electrons. The number of anilines is 1. The number of aromatic nitrogens is 3. The van der Waals surface area contributed by atoms with Crippen molar-refractivity contribution in [3.63, 3.8) is 0 Å². The first-order valence-corrected chi connectivity index (χ1v) is 8.79. The minimum Gasteiger partial charge on any atom is -0.445 e. The second kappa shape index (κ2) is 6.84. The molecule has 0 aliphatic carbocycles. The maximum Gasteiger partial charge on any atom is 0.199 e. The number of rotatable bonds is 4. The summed E-state index contributed by atoms with van der Waals surface area (Å²) in [5.74, 6) is 3.70. The molecule has 1 aromatic carbocycles.